The van der Waals surface area contributed by atoms with Gasteiger partial charge in [-0.1, -0.05) is 6.42 Å². The molecule has 1 unspecified atom stereocenters. The molecule has 0 bridgehead atoms. The fraction of sp³-hybridized carbons (Fsp3) is 0.385. The molecule has 4 nitrogen and oxygen atoms in total. The van der Waals surface area contributed by atoms with Crippen molar-refractivity contribution in [3.05, 3.63) is 44.9 Å². The van der Waals surface area contributed by atoms with Gasteiger partial charge in [0.25, 0.3) is 5.56 Å². The zero-order valence-corrected chi connectivity index (χ0v) is 11.5. The molecule has 2 aromatic heterocycles. The molecule has 1 saturated heterocycles. The summed E-state index contributed by atoms with van der Waals surface area (Å²) in [6, 6.07) is 5.59. The lowest BCUT2D eigenvalue weighted by atomic mass is 10.0. The number of nitrogens with zero attached hydrogens (tertiary/aromatic N) is 2. The smallest absolute Gasteiger partial charge is 0.258 e. The van der Waals surface area contributed by atoms with E-state index in [0.29, 0.717) is 5.65 Å². The van der Waals surface area contributed by atoms with E-state index >= 15 is 0 Å². The minimum Gasteiger partial charge on any atom is -0.309 e. The Balaban J connectivity index is 2.14. The molecule has 3 heterocycles. The highest BCUT2D eigenvalue weighted by Gasteiger charge is 2.17. The maximum absolute atomic E-state index is 12.1. The molecule has 0 aliphatic carbocycles. The summed E-state index contributed by atoms with van der Waals surface area (Å²) < 4.78 is 2.41. The number of hydrogen-bond acceptors (Lipinski definition) is 3. The number of pyridine rings is 1. The second kappa shape index (κ2) is 4.82. The van der Waals surface area contributed by atoms with Crippen molar-refractivity contribution in [1.82, 2.24) is 14.7 Å². The molecule has 1 aliphatic heterocycles. The summed E-state index contributed by atoms with van der Waals surface area (Å²) in [4.78, 5) is 16.7. The van der Waals surface area contributed by atoms with Gasteiger partial charge in [-0.2, -0.15) is 0 Å². The van der Waals surface area contributed by atoms with E-state index in [-0.39, 0.29) is 11.6 Å². The summed E-state index contributed by atoms with van der Waals surface area (Å²) in [5, 5.41) is 3.42. The lowest BCUT2D eigenvalue weighted by Gasteiger charge is -2.23. The summed E-state index contributed by atoms with van der Waals surface area (Å²) in [5.41, 5.74) is 1.52. The van der Waals surface area contributed by atoms with Crippen molar-refractivity contribution in [3.63, 3.8) is 0 Å². The van der Waals surface area contributed by atoms with E-state index in [9.17, 15) is 4.79 Å². The van der Waals surface area contributed by atoms with Gasteiger partial charge in [-0.05, 0) is 47.4 Å². The van der Waals surface area contributed by atoms with Gasteiger partial charge in [0, 0.05) is 18.3 Å². The zero-order valence-electron chi connectivity index (χ0n) is 9.90. The molecule has 1 aliphatic rings. The molecule has 3 rings (SSSR count). The summed E-state index contributed by atoms with van der Waals surface area (Å²) in [6.07, 6.45) is 5.18. The van der Waals surface area contributed by atoms with Crippen molar-refractivity contribution in [3.8, 4) is 0 Å². The van der Waals surface area contributed by atoms with Crippen molar-refractivity contribution < 1.29 is 0 Å². The number of aromatic nitrogens is 2. The van der Waals surface area contributed by atoms with Crippen LogP contribution in [0.4, 0.5) is 0 Å². The van der Waals surface area contributed by atoms with Crippen LogP contribution in [0.3, 0.4) is 0 Å². The monoisotopic (exact) mass is 307 g/mol. The molecular formula is C13H14BrN3O. The summed E-state index contributed by atoms with van der Waals surface area (Å²) >= 11 is 3.45. The van der Waals surface area contributed by atoms with Crippen molar-refractivity contribution >= 4 is 21.6 Å². The fourth-order valence-electron chi connectivity index (χ4n) is 2.39. The maximum atomic E-state index is 12.1. The molecule has 18 heavy (non-hydrogen) atoms. The number of piperidine rings is 1. The predicted octanol–water partition coefficient (Wildman–Crippen LogP) is 2.27. The van der Waals surface area contributed by atoms with Crippen LogP contribution >= 0.6 is 15.9 Å². The van der Waals surface area contributed by atoms with Gasteiger partial charge in [0.1, 0.15) is 0 Å². The Morgan fingerprint density at radius 1 is 1.44 bits per heavy atom. The Hall–Kier alpha value is -1.20. The van der Waals surface area contributed by atoms with Gasteiger partial charge >= 0.3 is 0 Å². The van der Waals surface area contributed by atoms with Gasteiger partial charge < -0.3 is 5.32 Å². The molecule has 94 valence electrons. The van der Waals surface area contributed by atoms with Crippen LogP contribution in [0.2, 0.25) is 0 Å². The molecule has 0 aromatic carbocycles. The fourth-order valence-corrected chi connectivity index (χ4v) is 2.82. The van der Waals surface area contributed by atoms with Gasteiger partial charge in [-0.15, -0.1) is 0 Å². The van der Waals surface area contributed by atoms with Gasteiger partial charge in [-0.3, -0.25) is 9.20 Å². The van der Waals surface area contributed by atoms with Crippen LogP contribution in [0.5, 0.6) is 0 Å². The second-order valence-electron chi connectivity index (χ2n) is 4.57. The molecule has 0 amide bonds. The average Bonchev–Trinajstić information content (AvgIpc) is 2.41. The van der Waals surface area contributed by atoms with Gasteiger partial charge in [0.2, 0.25) is 0 Å². The lowest BCUT2D eigenvalue weighted by Crippen LogP contribution is -2.29. The van der Waals surface area contributed by atoms with E-state index in [1.54, 1.807) is 16.7 Å². The Bertz CT molecular complexity index is 632. The van der Waals surface area contributed by atoms with Crippen LogP contribution in [0.25, 0.3) is 5.65 Å². The summed E-state index contributed by atoms with van der Waals surface area (Å²) in [7, 11) is 0. The minimum absolute atomic E-state index is 0.0244. The van der Waals surface area contributed by atoms with Crippen LogP contribution in [-0.2, 0) is 0 Å². The largest absolute Gasteiger partial charge is 0.309 e. The van der Waals surface area contributed by atoms with E-state index in [1.807, 2.05) is 12.1 Å². The number of nitrogens with one attached hydrogen (secondary N) is 1. The third kappa shape index (κ3) is 2.08. The quantitative estimate of drug-likeness (QED) is 0.879. The van der Waals surface area contributed by atoms with Gasteiger partial charge in [0.15, 0.2) is 5.65 Å². The Labute approximate surface area is 113 Å². The van der Waals surface area contributed by atoms with E-state index in [0.717, 1.165) is 23.1 Å². The molecule has 2 aromatic rings. The van der Waals surface area contributed by atoms with E-state index < -0.39 is 0 Å². The van der Waals surface area contributed by atoms with Crippen molar-refractivity contribution in [2.75, 3.05) is 6.54 Å². The minimum atomic E-state index is -0.0244. The van der Waals surface area contributed by atoms with Crippen LogP contribution in [0.15, 0.2) is 33.7 Å². The van der Waals surface area contributed by atoms with Gasteiger partial charge in [0.05, 0.1) is 10.2 Å². The normalized spacial score (nSPS) is 20.2. The zero-order chi connectivity index (χ0) is 12.5. The highest BCUT2D eigenvalue weighted by molar-refractivity contribution is 9.10. The Morgan fingerprint density at radius 2 is 2.33 bits per heavy atom. The van der Waals surface area contributed by atoms with Crippen molar-refractivity contribution in [2.45, 2.75) is 25.3 Å². The number of fused-ring (bicyclic) bond motifs is 1. The number of halogens is 1. The van der Waals surface area contributed by atoms with Gasteiger partial charge in [-0.25, -0.2) is 4.98 Å². The van der Waals surface area contributed by atoms with Crippen LogP contribution in [-0.4, -0.2) is 15.9 Å². The topological polar surface area (TPSA) is 46.4 Å². The summed E-state index contributed by atoms with van der Waals surface area (Å²) in [6.45, 7) is 1.00. The first-order valence-electron chi connectivity index (χ1n) is 6.17. The highest BCUT2D eigenvalue weighted by Crippen LogP contribution is 2.22. The molecule has 0 radical (unpaired) electrons. The van der Waals surface area contributed by atoms with Crippen molar-refractivity contribution in [2.24, 2.45) is 0 Å². The molecular weight excluding hydrogens is 294 g/mol. The Morgan fingerprint density at radius 3 is 3.11 bits per heavy atom. The second-order valence-corrected chi connectivity index (χ2v) is 5.43. The standard InChI is InChI=1S/C13H14BrN3O/c14-9-4-3-7-17-12(18)8-11(16-13(9)17)10-5-1-2-6-15-10/h3-4,7-8,10,15H,1-2,5-6H2. The predicted molar refractivity (Wildman–Crippen MR) is 73.8 cm³/mol. The Kier molecular flexibility index (Phi) is 3.18. The van der Waals surface area contributed by atoms with Crippen LogP contribution < -0.4 is 10.9 Å². The first-order valence-corrected chi connectivity index (χ1v) is 6.96. The molecule has 1 atom stereocenters. The average molecular weight is 308 g/mol. The maximum Gasteiger partial charge on any atom is 0.258 e. The lowest BCUT2D eigenvalue weighted by molar-refractivity contribution is 0.405. The van der Waals surface area contributed by atoms with E-state index in [1.165, 1.54) is 12.8 Å². The van der Waals surface area contributed by atoms with Crippen molar-refractivity contribution in [1.29, 1.82) is 0 Å². The third-order valence-electron chi connectivity index (χ3n) is 3.33. The van der Waals surface area contributed by atoms with Crippen LogP contribution in [0.1, 0.15) is 31.0 Å². The van der Waals surface area contributed by atoms with E-state index in [2.05, 4.69) is 26.2 Å². The first kappa shape index (κ1) is 11.9. The third-order valence-corrected chi connectivity index (χ3v) is 3.95. The molecule has 5 heteroatoms. The molecule has 1 fully saturated rings. The van der Waals surface area contributed by atoms with Crippen LogP contribution in [0, 0.1) is 0 Å². The molecule has 1 N–H and O–H groups in total. The molecule has 0 saturated carbocycles. The first-order chi connectivity index (χ1) is 8.75. The number of rotatable bonds is 1. The van der Waals surface area contributed by atoms with E-state index in [4.69, 9.17) is 0 Å². The summed E-state index contributed by atoms with van der Waals surface area (Å²) in [5.74, 6) is 0. The molecule has 0 spiro atoms. The highest BCUT2D eigenvalue weighted by atomic mass is 79.9. The number of hydrogen-bond donors (Lipinski definition) is 1. The SMILES string of the molecule is O=c1cc(C2CCCCN2)nc2c(Br)cccn12.